The van der Waals surface area contributed by atoms with Crippen LogP contribution < -0.4 is 4.90 Å². The van der Waals surface area contributed by atoms with Gasteiger partial charge in [-0.3, -0.25) is 0 Å². The summed E-state index contributed by atoms with van der Waals surface area (Å²) in [7, 11) is 0. The van der Waals surface area contributed by atoms with Crippen molar-refractivity contribution in [2.45, 2.75) is 0 Å². The Kier molecular flexibility index (Phi) is 7.62. The van der Waals surface area contributed by atoms with Crippen molar-refractivity contribution < 1.29 is 0 Å². The third-order valence-corrected chi connectivity index (χ3v) is 13.9. The molecule has 9 aromatic carbocycles. The van der Waals surface area contributed by atoms with Gasteiger partial charge >= 0.3 is 0 Å². The highest BCUT2D eigenvalue weighted by Gasteiger charge is 2.21. The van der Waals surface area contributed by atoms with Gasteiger partial charge in [-0.15, -0.1) is 22.7 Å². The van der Waals surface area contributed by atoms with Crippen molar-refractivity contribution >= 4 is 102 Å². The van der Waals surface area contributed by atoms with E-state index in [1.54, 1.807) is 0 Å². The molecule has 0 radical (unpaired) electrons. The fraction of sp³-hybridized carbons (Fsp3) is 0. The van der Waals surface area contributed by atoms with Gasteiger partial charge in [-0.05, 0) is 89.5 Å². The first-order valence-electron chi connectivity index (χ1n) is 19.7. The quantitative estimate of drug-likeness (QED) is 0.163. The van der Waals surface area contributed by atoms with Crippen LogP contribution in [0, 0.1) is 0 Å². The van der Waals surface area contributed by atoms with Gasteiger partial charge in [-0.25, -0.2) is 0 Å². The lowest BCUT2D eigenvalue weighted by molar-refractivity contribution is 1.18. The molecule has 272 valence electrons. The van der Waals surface area contributed by atoms with Crippen LogP contribution in [0.2, 0.25) is 0 Å². The number of rotatable bonds is 6. The van der Waals surface area contributed by atoms with Crippen molar-refractivity contribution in [3.05, 3.63) is 206 Å². The molecule has 0 N–H and O–H groups in total. The first-order chi connectivity index (χ1) is 28.8. The molecule has 0 spiro atoms. The average molecular weight is 775 g/mol. The number of fused-ring (bicyclic) bond motifs is 9. The molecule has 0 amide bonds. The van der Waals surface area contributed by atoms with Gasteiger partial charge in [0.25, 0.3) is 0 Å². The van der Waals surface area contributed by atoms with Crippen LogP contribution in [0.25, 0.3) is 90.1 Å². The van der Waals surface area contributed by atoms with Crippen molar-refractivity contribution in [3.8, 4) is 27.9 Å². The van der Waals surface area contributed by atoms with E-state index < -0.39 is 0 Å². The molecule has 2 nitrogen and oxygen atoms in total. The summed E-state index contributed by atoms with van der Waals surface area (Å²) in [5, 5.41) is 7.69. The SMILES string of the molecule is c1ccc(-c2ccccc2-n2c3ccccc3c3ccccc32)c(-c2ccc(N(c3ccc4sc5ccccc5c4c3)c3cccc4sc5ccccc5c34)cc2)c1. The van der Waals surface area contributed by atoms with Gasteiger partial charge in [-0.2, -0.15) is 0 Å². The maximum absolute atomic E-state index is 2.46. The summed E-state index contributed by atoms with van der Waals surface area (Å²) in [4.78, 5) is 2.46. The van der Waals surface area contributed by atoms with E-state index in [9.17, 15) is 0 Å². The van der Waals surface area contributed by atoms with Crippen molar-refractivity contribution in [1.82, 2.24) is 4.57 Å². The lowest BCUT2D eigenvalue weighted by Crippen LogP contribution is -2.10. The molecular weight excluding hydrogens is 741 g/mol. The fourth-order valence-electron chi connectivity index (χ4n) is 9.06. The summed E-state index contributed by atoms with van der Waals surface area (Å²) in [6.07, 6.45) is 0. The van der Waals surface area contributed by atoms with Crippen LogP contribution in [0.5, 0.6) is 0 Å². The van der Waals surface area contributed by atoms with Crippen LogP contribution in [-0.4, -0.2) is 4.57 Å². The molecule has 12 rings (SSSR count). The van der Waals surface area contributed by atoms with Crippen LogP contribution in [-0.2, 0) is 0 Å². The van der Waals surface area contributed by atoms with Gasteiger partial charge in [0.1, 0.15) is 0 Å². The summed E-state index contributed by atoms with van der Waals surface area (Å²) in [5.41, 5.74) is 11.8. The third kappa shape index (κ3) is 5.16. The Balaban J connectivity index is 1.03. The second-order valence-corrected chi connectivity index (χ2v) is 17.0. The van der Waals surface area contributed by atoms with Crippen molar-refractivity contribution in [2.24, 2.45) is 0 Å². The summed E-state index contributed by atoms with van der Waals surface area (Å²) in [6, 6.07) is 75.7. The van der Waals surface area contributed by atoms with Crippen molar-refractivity contribution in [2.75, 3.05) is 4.90 Å². The van der Waals surface area contributed by atoms with Crippen LogP contribution in [0.1, 0.15) is 0 Å². The Bertz CT molecular complexity index is 3480. The van der Waals surface area contributed by atoms with Gasteiger partial charge < -0.3 is 9.47 Å². The first-order valence-corrected chi connectivity index (χ1v) is 21.3. The van der Waals surface area contributed by atoms with E-state index in [1.807, 2.05) is 22.7 Å². The smallest absolute Gasteiger partial charge is 0.0554 e. The highest BCUT2D eigenvalue weighted by molar-refractivity contribution is 7.26. The Morgan fingerprint density at radius 2 is 0.879 bits per heavy atom. The van der Waals surface area contributed by atoms with Crippen LogP contribution in [0.3, 0.4) is 0 Å². The zero-order valence-corrected chi connectivity index (χ0v) is 33.0. The van der Waals surface area contributed by atoms with E-state index in [0.717, 1.165) is 11.4 Å². The Labute approximate surface area is 343 Å². The molecule has 0 saturated heterocycles. The van der Waals surface area contributed by atoms with E-state index in [-0.39, 0.29) is 0 Å². The van der Waals surface area contributed by atoms with Gasteiger partial charge in [0.2, 0.25) is 0 Å². The zero-order valence-electron chi connectivity index (χ0n) is 31.3. The molecule has 4 heteroatoms. The van der Waals surface area contributed by atoms with E-state index >= 15 is 0 Å². The van der Waals surface area contributed by atoms with Crippen LogP contribution in [0.15, 0.2) is 206 Å². The standard InChI is InChI=1S/C54H34N2S2/c1-2-15-39(40-16-3-8-21-46(40)56-47-22-9-4-17-41(47)42-18-5-10-23-48(42)56)38(14-1)35-28-30-36(31-29-35)55(37-32-33-52-45(34-37)43-19-6-11-25-50(43)57-52)49-24-13-27-53-54(49)44-20-7-12-26-51(44)58-53/h1-34H. The average Bonchev–Trinajstić information content (AvgIpc) is 3.97. The van der Waals surface area contributed by atoms with Crippen LogP contribution >= 0.6 is 22.7 Å². The molecular formula is C54H34N2S2. The Morgan fingerprint density at radius 3 is 1.64 bits per heavy atom. The predicted molar refractivity (Wildman–Crippen MR) is 252 cm³/mol. The summed E-state index contributed by atoms with van der Waals surface area (Å²) < 4.78 is 7.64. The summed E-state index contributed by atoms with van der Waals surface area (Å²) in [5.74, 6) is 0. The highest BCUT2D eigenvalue weighted by Crippen LogP contribution is 2.47. The molecule has 0 aliphatic heterocycles. The predicted octanol–water partition coefficient (Wildman–Crippen LogP) is 16.3. The highest BCUT2D eigenvalue weighted by atomic mass is 32.1. The van der Waals surface area contributed by atoms with E-state index in [4.69, 9.17) is 0 Å². The molecule has 0 fully saturated rings. The van der Waals surface area contributed by atoms with E-state index in [1.165, 1.54) is 95.8 Å². The largest absolute Gasteiger partial charge is 0.310 e. The van der Waals surface area contributed by atoms with Gasteiger partial charge in [0.05, 0.1) is 22.4 Å². The second kappa shape index (κ2) is 13.3. The Hall–Kier alpha value is -6.98. The number of benzene rings is 9. The number of nitrogens with zero attached hydrogens (tertiary/aromatic N) is 2. The zero-order chi connectivity index (χ0) is 38.2. The lowest BCUT2D eigenvalue weighted by Gasteiger charge is -2.27. The molecule has 0 unspecified atom stereocenters. The number of hydrogen-bond donors (Lipinski definition) is 0. The molecule has 0 aliphatic carbocycles. The Morgan fingerprint density at radius 1 is 0.345 bits per heavy atom. The maximum Gasteiger partial charge on any atom is 0.0554 e. The maximum atomic E-state index is 2.46. The fourth-order valence-corrected chi connectivity index (χ4v) is 11.3. The molecule has 58 heavy (non-hydrogen) atoms. The lowest BCUT2D eigenvalue weighted by atomic mass is 9.93. The normalized spacial score (nSPS) is 11.8. The van der Waals surface area contributed by atoms with E-state index in [0.29, 0.717) is 0 Å². The number of thiophene rings is 2. The van der Waals surface area contributed by atoms with Crippen LogP contribution in [0.4, 0.5) is 17.1 Å². The molecule has 0 bridgehead atoms. The number of para-hydroxylation sites is 3. The van der Waals surface area contributed by atoms with Crippen molar-refractivity contribution in [1.29, 1.82) is 0 Å². The first kappa shape index (κ1) is 33.2. The van der Waals surface area contributed by atoms with Gasteiger partial charge in [0, 0.05) is 68.1 Å². The molecule has 12 aromatic rings. The van der Waals surface area contributed by atoms with Crippen molar-refractivity contribution in [3.63, 3.8) is 0 Å². The number of aromatic nitrogens is 1. The van der Waals surface area contributed by atoms with Gasteiger partial charge in [0.15, 0.2) is 0 Å². The second-order valence-electron chi connectivity index (χ2n) is 14.8. The van der Waals surface area contributed by atoms with Gasteiger partial charge in [-0.1, -0.05) is 133 Å². The molecule has 3 heterocycles. The summed E-state index contributed by atoms with van der Waals surface area (Å²) >= 11 is 3.72. The molecule has 0 saturated carbocycles. The third-order valence-electron chi connectivity index (χ3n) is 11.6. The minimum atomic E-state index is 1.12. The summed E-state index contributed by atoms with van der Waals surface area (Å²) in [6.45, 7) is 0. The van der Waals surface area contributed by atoms with E-state index in [2.05, 4.69) is 216 Å². The molecule has 3 aromatic heterocycles. The topological polar surface area (TPSA) is 8.17 Å². The monoisotopic (exact) mass is 774 g/mol. The minimum Gasteiger partial charge on any atom is -0.310 e. The number of hydrogen-bond acceptors (Lipinski definition) is 3. The molecule has 0 aliphatic rings. The molecule has 0 atom stereocenters. The minimum absolute atomic E-state index is 1.12. The number of anilines is 3.